The summed E-state index contributed by atoms with van der Waals surface area (Å²) >= 11 is 3.43. The highest BCUT2D eigenvalue weighted by Gasteiger charge is 2.06. The molecule has 0 atom stereocenters. The average molecular weight is 320 g/mol. The summed E-state index contributed by atoms with van der Waals surface area (Å²) in [5.74, 6) is 0.356. The van der Waals surface area contributed by atoms with Crippen molar-refractivity contribution in [1.29, 1.82) is 0 Å². The minimum Gasteiger partial charge on any atom is -0.508 e. The largest absolute Gasteiger partial charge is 0.508 e. The number of hydrogen-bond donors (Lipinski definition) is 1. The second kappa shape index (κ2) is 6.73. The topological polar surface area (TPSA) is 23.5 Å². The van der Waals surface area contributed by atoms with Crippen LogP contribution in [-0.4, -0.2) is 23.6 Å². The van der Waals surface area contributed by atoms with Gasteiger partial charge in [0.05, 0.1) is 0 Å². The Balaban J connectivity index is 1.90. The summed E-state index contributed by atoms with van der Waals surface area (Å²) in [5, 5.41) is 9.82. The predicted octanol–water partition coefficient (Wildman–Crippen LogP) is 3.83. The van der Waals surface area contributed by atoms with Crippen LogP contribution < -0.4 is 0 Å². The van der Waals surface area contributed by atoms with E-state index in [-0.39, 0.29) is 0 Å². The molecule has 0 fully saturated rings. The van der Waals surface area contributed by atoms with Gasteiger partial charge in [-0.15, -0.1) is 0 Å². The van der Waals surface area contributed by atoms with Crippen molar-refractivity contribution in [2.75, 3.05) is 13.6 Å². The Hall–Kier alpha value is -1.32. The molecule has 2 aromatic rings. The van der Waals surface area contributed by atoms with Gasteiger partial charge in [0.1, 0.15) is 5.75 Å². The van der Waals surface area contributed by atoms with Crippen LogP contribution in [-0.2, 0) is 13.0 Å². The van der Waals surface area contributed by atoms with Crippen molar-refractivity contribution in [2.45, 2.75) is 13.0 Å². The van der Waals surface area contributed by atoms with E-state index in [0.717, 1.165) is 29.5 Å². The van der Waals surface area contributed by atoms with Gasteiger partial charge >= 0.3 is 0 Å². The van der Waals surface area contributed by atoms with Gasteiger partial charge in [0.25, 0.3) is 0 Å². The van der Waals surface area contributed by atoms with Crippen LogP contribution in [0.1, 0.15) is 11.1 Å². The van der Waals surface area contributed by atoms with Crippen LogP contribution in [0.4, 0.5) is 0 Å². The molecule has 0 aliphatic heterocycles. The van der Waals surface area contributed by atoms with Crippen molar-refractivity contribution in [1.82, 2.24) is 4.90 Å². The Labute approximate surface area is 122 Å². The molecule has 0 aliphatic carbocycles. The quantitative estimate of drug-likeness (QED) is 0.905. The molecule has 2 rings (SSSR count). The molecule has 0 unspecified atom stereocenters. The number of likely N-dealkylation sites (N-methyl/N-ethyl adjacent to an activating group) is 1. The van der Waals surface area contributed by atoms with Crippen molar-refractivity contribution in [3.05, 3.63) is 64.1 Å². The van der Waals surface area contributed by atoms with Gasteiger partial charge in [-0.2, -0.15) is 0 Å². The van der Waals surface area contributed by atoms with Crippen LogP contribution in [0, 0.1) is 0 Å². The number of phenolic OH excluding ortho intramolecular Hbond substituents is 1. The highest BCUT2D eigenvalue weighted by atomic mass is 79.9. The maximum atomic E-state index is 9.82. The van der Waals surface area contributed by atoms with E-state index in [1.54, 1.807) is 6.07 Å². The van der Waals surface area contributed by atoms with E-state index in [0.29, 0.717) is 5.75 Å². The Morgan fingerprint density at radius 1 is 1.11 bits per heavy atom. The van der Waals surface area contributed by atoms with E-state index in [4.69, 9.17) is 0 Å². The molecular formula is C16H18BrNO. The molecule has 19 heavy (non-hydrogen) atoms. The molecule has 2 nitrogen and oxygen atoms in total. The number of nitrogens with zero attached hydrogens (tertiary/aromatic N) is 1. The lowest BCUT2D eigenvalue weighted by molar-refractivity contribution is 0.324. The second-order valence-corrected chi connectivity index (χ2v) is 5.66. The highest BCUT2D eigenvalue weighted by Crippen LogP contribution is 2.22. The molecule has 3 heteroatoms. The van der Waals surface area contributed by atoms with Gasteiger partial charge in [-0.05, 0) is 37.2 Å². The fourth-order valence-electron chi connectivity index (χ4n) is 2.02. The molecule has 0 saturated heterocycles. The lowest BCUT2D eigenvalue weighted by atomic mass is 10.1. The molecule has 0 radical (unpaired) electrons. The number of aromatic hydroxyl groups is 1. The van der Waals surface area contributed by atoms with Crippen LogP contribution in [0.5, 0.6) is 5.75 Å². The van der Waals surface area contributed by atoms with E-state index in [9.17, 15) is 5.11 Å². The summed E-state index contributed by atoms with van der Waals surface area (Å²) in [4.78, 5) is 2.22. The monoisotopic (exact) mass is 319 g/mol. The predicted molar refractivity (Wildman–Crippen MR) is 82.3 cm³/mol. The summed E-state index contributed by atoms with van der Waals surface area (Å²) in [6.07, 6.45) is 1.02. The Bertz CT molecular complexity index is 528. The first kappa shape index (κ1) is 14.1. The van der Waals surface area contributed by atoms with Crippen LogP contribution >= 0.6 is 15.9 Å². The number of hydrogen-bond acceptors (Lipinski definition) is 2. The maximum absolute atomic E-state index is 9.82. The van der Waals surface area contributed by atoms with E-state index < -0.39 is 0 Å². The van der Waals surface area contributed by atoms with Crippen LogP contribution in [0.25, 0.3) is 0 Å². The van der Waals surface area contributed by atoms with Gasteiger partial charge in [-0.25, -0.2) is 0 Å². The Kier molecular flexibility index (Phi) is 5.00. The minimum atomic E-state index is 0.356. The van der Waals surface area contributed by atoms with E-state index in [2.05, 4.69) is 52.1 Å². The molecule has 0 aliphatic rings. The van der Waals surface area contributed by atoms with Crippen LogP contribution in [0.2, 0.25) is 0 Å². The van der Waals surface area contributed by atoms with Crippen LogP contribution in [0.15, 0.2) is 53.0 Å². The second-order valence-electron chi connectivity index (χ2n) is 4.75. The Morgan fingerprint density at radius 2 is 1.84 bits per heavy atom. The van der Waals surface area contributed by atoms with Crippen molar-refractivity contribution >= 4 is 15.9 Å². The first-order valence-corrected chi connectivity index (χ1v) is 7.14. The molecule has 0 aromatic heterocycles. The number of benzene rings is 2. The van der Waals surface area contributed by atoms with Gasteiger partial charge in [0.2, 0.25) is 0 Å². The first-order valence-electron chi connectivity index (χ1n) is 6.35. The van der Waals surface area contributed by atoms with Gasteiger partial charge in [0.15, 0.2) is 0 Å². The zero-order chi connectivity index (χ0) is 13.7. The van der Waals surface area contributed by atoms with Gasteiger partial charge in [0, 0.05) is 23.1 Å². The molecule has 100 valence electrons. The molecule has 0 saturated carbocycles. The van der Waals surface area contributed by atoms with E-state index in [1.165, 1.54) is 5.56 Å². The third kappa shape index (κ3) is 4.37. The number of rotatable bonds is 5. The summed E-state index contributed by atoms with van der Waals surface area (Å²) in [6.45, 7) is 1.72. The highest BCUT2D eigenvalue weighted by molar-refractivity contribution is 9.10. The summed E-state index contributed by atoms with van der Waals surface area (Å²) in [7, 11) is 2.07. The molecular weight excluding hydrogens is 302 g/mol. The van der Waals surface area contributed by atoms with Crippen molar-refractivity contribution in [3.63, 3.8) is 0 Å². The van der Waals surface area contributed by atoms with Crippen molar-refractivity contribution < 1.29 is 5.11 Å². The first-order chi connectivity index (χ1) is 9.15. The van der Waals surface area contributed by atoms with Crippen molar-refractivity contribution in [3.8, 4) is 5.75 Å². The van der Waals surface area contributed by atoms with E-state index in [1.807, 2.05) is 18.2 Å². The zero-order valence-corrected chi connectivity index (χ0v) is 12.6. The molecule has 0 heterocycles. The molecule has 1 N–H and O–H groups in total. The lowest BCUT2D eigenvalue weighted by Crippen LogP contribution is -2.20. The van der Waals surface area contributed by atoms with Gasteiger partial charge in [-0.3, -0.25) is 0 Å². The van der Waals surface area contributed by atoms with Gasteiger partial charge < -0.3 is 10.0 Å². The number of halogens is 1. The summed E-state index contributed by atoms with van der Waals surface area (Å²) < 4.78 is 0.997. The third-order valence-electron chi connectivity index (χ3n) is 3.11. The summed E-state index contributed by atoms with van der Waals surface area (Å²) in [5.41, 5.74) is 2.29. The fourth-order valence-corrected chi connectivity index (χ4v) is 2.42. The SMILES string of the molecule is CN(CCc1ccccc1)Cc1cc(Br)ccc1O. The molecule has 0 bridgehead atoms. The standard InChI is InChI=1S/C16H18BrNO/c1-18(10-9-13-5-3-2-4-6-13)12-14-11-15(17)7-8-16(14)19/h2-8,11,19H,9-10,12H2,1H3. The maximum Gasteiger partial charge on any atom is 0.120 e. The Morgan fingerprint density at radius 3 is 2.58 bits per heavy atom. The lowest BCUT2D eigenvalue weighted by Gasteiger charge is -2.17. The van der Waals surface area contributed by atoms with E-state index >= 15 is 0 Å². The molecule has 0 spiro atoms. The smallest absolute Gasteiger partial charge is 0.120 e. The summed E-state index contributed by atoms with van der Waals surface area (Å²) in [6, 6.07) is 16.0. The molecule has 0 amide bonds. The normalized spacial score (nSPS) is 10.9. The van der Waals surface area contributed by atoms with Crippen molar-refractivity contribution in [2.24, 2.45) is 0 Å². The fraction of sp³-hybridized carbons (Fsp3) is 0.250. The average Bonchev–Trinajstić information content (AvgIpc) is 2.42. The number of phenols is 1. The van der Waals surface area contributed by atoms with Crippen LogP contribution in [0.3, 0.4) is 0 Å². The van der Waals surface area contributed by atoms with Gasteiger partial charge in [-0.1, -0.05) is 46.3 Å². The molecule has 2 aromatic carbocycles. The minimum absolute atomic E-state index is 0.356. The third-order valence-corrected chi connectivity index (χ3v) is 3.60. The zero-order valence-electron chi connectivity index (χ0n) is 11.0.